The zero-order valence-electron chi connectivity index (χ0n) is 8.13. The molecule has 0 aromatic carbocycles. The maximum absolute atomic E-state index is 5.95. The van der Waals surface area contributed by atoms with E-state index in [1.807, 2.05) is 0 Å². The molecule has 0 spiro atoms. The largest absolute Gasteiger partial charge is 0.381 e. The second-order valence-corrected chi connectivity index (χ2v) is 5.36. The van der Waals surface area contributed by atoms with Crippen molar-refractivity contribution in [2.75, 3.05) is 31.3 Å². The minimum atomic E-state index is 0.467. The van der Waals surface area contributed by atoms with Crippen LogP contribution in [0.3, 0.4) is 0 Å². The van der Waals surface area contributed by atoms with Gasteiger partial charge in [0, 0.05) is 19.0 Å². The zero-order chi connectivity index (χ0) is 9.15. The second kappa shape index (κ2) is 4.20. The van der Waals surface area contributed by atoms with Crippen LogP contribution in [0.5, 0.6) is 0 Å². The highest BCUT2D eigenvalue weighted by atomic mass is 32.2. The SMILES string of the molecule is NCC1(C2CCOCC2)CCSC1. The van der Waals surface area contributed by atoms with Gasteiger partial charge < -0.3 is 10.5 Å². The van der Waals surface area contributed by atoms with Crippen molar-refractivity contribution >= 4 is 11.8 Å². The summed E-state index contributed by atoms with van der Waals surface area (Å²) >= 11 is 2.08. The van der Waals surface area contributed by atoms with Crippen LogP contribution in [0.1, 0.15) is 19.3 Å². The van der Waals surface area contributed by atoms with Crippen molar-refractivity contribution in [2.24, 2.45) is 17.1 Å². The van der Waals surface area contributed by atoms with Crippen molar-refractivity contribution < 1.29 is 4.74 Å². The molecule has 2 aliphatic rings. The first kappa shape index (κ1) is 9.81. The van der Waals surface area contributed by atoms with Crippen LogP contribution in [0.15, 0.2) is 0 Å². The maximum Gasteiger partial charge on any atom is 0.0468 e. The summed E-state index contributed by atoms with van der Waals surface area (Å²) < 4.78 is 5.40. The van der Waals surface area contributed by atoms with Gasteiger partial charge in [-0.25, -0.2) is 0 Å². The fourth-order valence-electron chi connectivity index (χ4n) is 2.58. The lowest BCUT2D eigenvalue weighted by molar-refractivity contribution is 0.0219. The first-order valence-electron chi connectivity index (χ1n) is 5.23. The molecule has 1 unspecified atom stereocenters. The molecule has 2 fully saturated rings. The highest BCUT2D eigenvalue weighted by Crippen LogP contribution is 2.45. The fourth-order valence-corrected chi connectivity index (χ4v) is 4.18. The van der Waals surface area contributed by atoms with E-state index >= 15 is 0 Å². The molecule has 2 N–H and O–H groups in total. The van der Waals surface area contributed by atoms with E-state index in [1.54, 1.807) is 0 Å². The van der Waals surface area contributed by atoms with E-state index in [-0.39, 0.29) is 0 Å². The molecular weight excluding hydrogens is 182 g/mol. The smallest absolute Gasteiger partial charge is 0.0468 e. The van der Waals surface area contributed by atoms with E-state index in [0.717, 1.165) is 25.7 Å². The van der Waals surface area contributed by atoms with Crippen molar-refractivity contribution in [1.29, 1.82) is 0 Å². The van der Waals surface area contributed by atoms with Gasteiger partial charge in [-0.2, -0.15) is 11.8 Å². The normalized spacial score (nSPS) is 36.7. The van der Waals surface area contributed by atoms with Crippen LogP contribution in [0.25, 0.3) is 0 Å². The summed E-state index contributed by atoms with van der Waals surface area (Å²) in [7, 11) is 0. The van der Waals surface area contributed by atoms with E-state index in [0.29, 0.717) is 5.41 Å². The fraction of sp³-hybridized carbons (Fsp3) is 1.00. The topological polar surface area (TPSA) is 35.2 Å². The van der Waals surface area contributed by atoms with E-state index < -0.39 is 0 Å². The first-order valence-corrected chi connectivity index (χ1v) is 6.38. The summed E-state index contributed by atoms with van der Waals surface area (Å²) in [5.41, 5.74) is 6.41. The number of rotatable bonds is 2. The van der Waals surface area contributed by atoms with Crippen LogP contribution in [0.4, 0.5) is 0 Å². The molecule has 0 aromatic rings. The standard InChI is InChI=1S/C10H19NOS/c11-7-10(3-6-13-8-10)9-1-4-12-5-2-9/h9H,1-8,11H2. The minimum absolute atomic E-state index is 0.467. The quantitative estimate of drug-likeness (QED) is 0.735. The van der Waals surface area contributed by atoms with Crippen LogP contribution in [0.2, 0.25) is 0 Å². The lowest BCUT2D eigenvalue weighted by Crippen LogP contribution is -2.40. The van der Waals surface area contributed by atoms with Crippen LogP contribution in [-0.2, 0) is 4.74 Å². The molecule has 2 rings (SSSR count). The van der Waals surface area contributed by atoms with Gasteiger partial charge in [0.1, 0.15) is 0 Å². The van der Waals surface area contributed by atoms with Crippen LogP contribution < -0.4 is 5.73 Å². The molecule has 13 heavy (non-hydrogen) atoms. The average molecular weight is 201 g/mol. The summed E-state index contributed by atoms with van der Waals surface area (Å²) in [6.07, 6.45) is 3.80. The third-order valence-corrected chi connectivity index (χ3v) is 4.90. The Morgan fingerprint density at radius 2 is 2.15 bits per heavy atom. The molecule has 0 amide bonds. The van der Waals surface area contributed by atoms with Gasteiger partial charge in [0.25, 0.3) is 0 Å². The number of thioether (sulfide) groups is 1. The molecule has 2 aliphatic heterocycles. The van der Waals surface area contributed by atoms with Gasteiger partial charge in [-0.05, 0) is 42.9 Å². The summed E-state index contributed by atoms with van der Waals surface area (Å²) in [5.74, 6) is 3.43. The summed E-state index contributed by atoms with van der Waals surface area (Å²) in [6, 6.07) is 0. The van der Waals surface area contributed by atoms with Gasteiger partial charge in [0.05, 0.1) is 0 Å². The third kappa shape index (κ3) is 1.88. The van der Waals surface area contributed by atoms with Gasteiger partial charge in [-0.3, -0.25) is 0 Å². The van der Waals surface area contributed by atoms with Crippen molar-refractivity contribution in [1.82, 2.24) is 0 Å². The predicted molar refractivity (Wildman–Crippen MR) is 57.0 cm³/mol. The molecule has 1 atom stereocenters. The molecule has 2 nitrogen and oxygen atoms in total. The Labute approximate surface area is 84.6 Å². The number of ether oxygens (including phenoxy) is 1. The number of hydrogen-bond donors (Lipinski definition) is 1. The van der Waals surface area contributed by atoms with Gasteiger partial charge >= 0.3 is 0 Å². The monoisotopic (exact) mass is 201 g/mol. The average Bonchev–Trinajstić information content (AvgIpc) is 2.69. The van der Waals surface area contributed by atoms with E-state index in [4.69, 9.17) is 10.5 Å². The summed E-state index contributed by atoms with van der Waals surface area (Å²) in [6.45, 7) is 2.79. The highest BCUT2D eigenvalue weighted by molar-refractivity contribution is 7.99. The second-order valence-electron chi connectivity index (χ2n) is 4.26. The van der Waals surface area contributed by atoms with Crippen molar-refractivity contribution in [3.05, 3.63) is 0 Å². The Hall–Kier alpha value is 0.270. The Morgan fingerprint density at radius 1 is 1.38 bits per heavy atom. The van der Waals surface area contributed by atoms with E-state index in [9.17, 15) is 0 Å². The lowest BCUT2D eigenvalue weighted by atomic mass is 9.71. The Morgan fingerprint density at radius 3 is 2.69 bits per heavy atom. The molecule has 3 heteroatoms. The van der Waals surface area contributed by atoms with Gasteiger partial charge in [-0.15, -0.1) is 0 Å². The summed E-state index contributed by atoms with van der Waals surface area (Å²) in [5, 5.41) is 0. The molecule has 0 saturated carbocycles. The molecule has 0 aliphatic carbocycles. The molecule has 76 valence electrons. The molecule has 2 heterocycles. The highest BCUT2D eigenvalue weighted by Gasteiger charge is 2.40. The maximum atomic E-state index is 5.95. The van der Waals surface area contributed by atoms with Crippen LogP contribution >= 0.6 is 11.8 Å². The van der Waals surface area contributed by atoms with Crippen molar-refractivity contribution in [3.63, 3.8) is 0 Å². The lowest BCUT2D eigenvalue weighted by Gasteiger charge is -2.38. The Bertz CT molecular complexity index is 162. The Kier molecular flexibility index (Phi) is 3.17. The van der Waals surface area contributed by atoms with E-state index in [2.05, 4.69) is 11.8 Å². The number of nitrogens with two attached hydrogens (primary N) is 1. The number of hydrogen-bond acceptors (Lipinski definition) is 3. The zero-order valence-corrected chi connectivity index (χ0v) is 8.94. The predicted octanol–water partition coefficient (Wildman–Crippen LogP) is 1.49. The minimum Gasteiger partial charge on any atom is -0.381 e. The van der Waals surface area contributed by atoms with Crippen molar-refractivity contribution in [2.45, 2.75) is 19.3 Å². The van der Waals surface area contributed by atoms with Gasteiger partial charge in [0.2, 0.25) is 0 Å². The first-order chi connectivity index (χ1) is 6.37. The van der Waals surface area contributed by atoms with Gasteiger partial charge in [0.15, 0.2) is 0 Å². The Balaban J connectivity index is 2.01. The van der Waals surface area contributed by atoms with Gasteiger partial charge in [-0.1, -0.05) is 0 Å². The molecular formula is C10H19NOS. The van der Waals surface area contributed by atoms with Crippen molar-refractivity contribution in [3.8, 4) is 0 Å². The molecule has 0 aromatic heterocycles. The third-order valence-electron chi connectivity index (χ3n) is 3.63. The molecule has 0 radical (unpaired) electrons. The molecule has 2 saturated heterocycles. The van der Waals surface area contributed by atoms with Crippen LogP contribution in [0, 0.1) is 11.3 Å². The molecule has 0 bridgehead atoms. The van der Waals surface area contributed by atoms with Crippen LogP contribution in [-0.4, -0.2) is 31.3 Å². The van der Waals surface area contributed by atoms with E-state index in [1.165, 1.54) is 30.8 Å². The summed E-state index contributed by atoms with van der Waals surface area (Å²) in [4.78, 5) is 0.